The Bertz CT molecular complexity index is 1400. The Labute approximate surface area is 228 Å². The van der Waals surface area contributed by atoms with Gasteiger partial charge in [-0.25, -0.2) is 14.9 Å². The van der Waals surface area contributed by atoms with Crippen LogP contribution >= 0.6 is 22.7 Å². The van der Waals surface area contributed by atoms with Crippen LogP contribution in [0.4, 0.5) is 0 Å². The van der Waals surface area contributed by atoms with Crippen molar-refractivity contribution in [3.63, 3.8) is 0 Å². The molecule has 0 aliphatic rings. The number of rotatable bonds is 6. The molecule has 0 saturated carbocycles. The third-order valence-electron chi connectivity index (χ3n) is 5.30. The summed E-state index contributed by atoms with van der Waals surface area (Å²) in [4.78, 5) is 42.4. The summed E-state index contributed by atoms with van der Waals surface area (Å²) < 4.78 is 12.2. The first-order valence-corrected chi connectivity index (χ1v) is 12.8. The highest BCUT2D eigenvalue weighted by atomic mass is 32.1. The lowest BCUT2D eigenvalue weighted by Crippen LogP contribution is -2.24. The Morgan fingerprint density at radius 1 is 0.737 bits per heavy atom. The van der Waals surface area contributed by atoms with E-state index >= 15 is 0 Å². The van der Waals surface area contributed by atoms with Gasteiger partial charge in [0.25, 0.3) is 5.91 Å². The van der Waals surface area contributed by atoms with Crippen molar-refractivity contribution in [1.29, 1.82) is 0 Å². The molecule has 2 aromatic carbocycles. The maximum absolute atomic E-state index is 12.0. The molecule has 1 N–H and O–H groups in total. The quantitative estimate of drug-likeness (QED) is 0.320. The van der Waals surface area contributed by atoms with Gasteiger partial charge in [0.15, 0.2) is 0 Å². The Balaban J connectivity index is 0.000000218. The van der Waals surface area contributed by atoms with Gasteiger partial charge in [-0.1, -0.05) is 0 Å². The molecule has 204 valence electrons. The predicted molar refractivity (Wildman–Crippen MR) is 148 cm³/mol. The molecule has 2 amide bonds. The maximum atomic E-state index is 12.0. The number of nitrogens with zero attached hydrogens (tertiary/aromatic N) is 2. The van der Waals surface area contributed by atoms with Crippen molar-refractivity contribution in [1.82, 2.24) is 10.1 Å². The number of ether oxygens (including phenoxy) is 2. The van der Waals surface area contributed by atoms with Gasteiger partial charge in [0.2, 0.25) is 5.91 Å². The fourth-order valence-electron chi connectivity index (χ4n) is 2.98. The Morgan fingerprint density at radius 2 is 1.18 bits per heavy atom. The molecule has 4 rings (SSSR count). The Hall–Kier alpha value is -3.71. The number of carbonyl (C=O) groups excluding carboxylic acids is 2. The normalized spacial score (nSPS) is 10.1. The van der Waals surface area contributed by atoms with Crippen LogP contribution in [-0.4, -0.2) is 75.6 Å². The second kappa shape index (κ2) is 14.3. The fourth-order valence-corrected chi connectivity index (χ4v) is 4.91. The smallest absolute Gasteiger partial charge is 0.337 e. The van der Waals surface area contributed by atoms with E-state index in [1.54, 1.807) is 45.8 Å². The zero-order chi connectivity index (χ0) is 28.4. The lowest BCUT2D eigenvalue weighted by atomic mass is 10.1. The molecule has 12 heteroatoms. The van der Waals surface area contributed by atoms with E-state index < -0.39 is 5.97 Å². The van der Waals surface area contributed by atoms with Crippen LogP contribution in [0.15, 0.2) is 47.2 Å². The monoisotopic (exact) mass is 562 g/mol. The van der Waals surface area contributed by atoms with Gasteiger partial charge in [-0.2, -0.15) is 0 Å². The molecule has 0 spiro atoms. The first kappa shape index (κ1) is 30.5. The van der Waals surface area contributed by atoms with Crippen LogP contribution in [0.3, 0.4) is 0 Å². The topological polar surface area (TPSA) is 115 Å². The van der Waals surface area contributed by atoms with Crippen molar-refractivity contribution >= 4 is 60.6 Å². The second-order valence-electron chi connectivity index (χ2n) is 7.51. The maximum Gasteiger partial charge on any atom is 0.337 e. The summed E-state index contributed by atoms with van der Waals surface area (Å²) in [7, 11) is 9.28. The third kappa shape index (κ3) is 7.65. The molecule has 0 saturated heterocycles. The van der Waals surface area contributed by atoms with Gasteiger partial charge in [0.05, 0.1) is 39.6 Å². The summed E-state index contributed by atoms with van der Waals surface area (Å²) in [6.45, 7) is 1.43. The minimum absolute atomic E-state index is 0.0949. The number of carbonyl (C=O) groups is 3. The first-order valence-electron chi connectivity index (χ1n) is 11.0. The van der Waals surface area contributed by atoms with Crippen molar-refractivity contribution in [2.45, 2.75) is 6.92 Å². The lowest BCUT2D eigenvalue weighted by Gasteiger charge is -2.12. The Morgan fingerprint density at radius 3 is 1.55 bits per heavy atom. The molecule has 0 aliphatic heterocycles. The summed E-state index contributed by atoms with van der Waals surface area (Å²) in [5.74, 6) is 0.405. The SMILES string of the molecule is CON(C)C(C)=O.COc1ccc2c(C(=O)N(C)OC)csc2c1.COc1ccc2c(C(=O)O)csc2c1. The van der Waals surface area contributed by atoms with Crippen LogP contribution in [0.5, 0.6) is 11.5 Å². The van der Waals surface area contributed by atoms with E-state index in [1.807, 2.05) is 29.6 Å². The van der Waals surface area contributed by atoms with E-state index in [-0.39, 0.29) is 11.8 Å². The number of hydrogen-bond donors (Lipinski definition) is 1. The van der Waals surface area contributed by atoms with E-state index in [0.717, 1.165) is 36.7 Å². The first-order chi connectivity index (χ1) is 18.1. The molecule has 2 aromatic heterocycles. The van der Waals surface area contributed by atoms with Gasteiger partial charge in [0.1, 0.15) is 11.5 Å². The molecular weight excluding hydrogens is 532 g/mol. The summed E-state index contributed by atoms with van der Waals surface area (Å²) in [6, 6.07) is 11.0. The molecule has 0 aliphatic carbocycles. The number of thiophene rings is 2. The van der Waals surface area contributed by atoms with Crippen molar-refractivity contribution in [3.8, 4) is 11.5 Å². The van der Waals surface area contributed by atoms with Crippen LogP contribution in [0.25, 0.3) is 20.2 Å². The predicted octanol–water partition coefficient (Wildman–Crippen LogP) is 5.18. The minimum Gasteiger partial charge on any atom is -0.497 e. The number of hydroxylamine groups is 4. The Kier molecular flexibility index (Phi) is 11.5. The molecule has 2 heterocycles. The van der Waals surface area contributed by atoms with Gasteiger partial charge < -0.3 is 14.6 Å². The number of amides is 2. The van der Waals surface area contributed by atoms with Crippen LogP contribution in [-0.2, 0) is 14.5 Å². The number of hydrogen-bond acceptors (Lipinski definition) is 9. The molecule has 0 fully saturated rings. The molecular formula is C26H30N2O8S2. The lowest BCUT2D eigenvalue weighted by molar-refractivity contribution is -0.165. The number of carboxylic acid groups (broad SMARTS) is 1. The summed E-state index contributed by atoms with van der Waals surface area (Å²) in [5, 5.41) is 16.4. The molecule has 4 aromatic rings. The van der Waals surface area contributed by atoms with Crippen LogP contribution < -0.4 is 9.47 Å². The van der Waals surface area contributed by atoms with Crippen molar-refractivity contribution < 1.29 is 38.6 Å². The molecule has 0 unspecified atom stereocenters. The van der Waals surface area contributed by atoms with Crippen molar-refractivity contribution in [3.05, 3.63) is 58.3 Å². The van der Waals surface area contributed by atoms with Crippen LogP contribution in [0.2, 0.25) is 0 Å². The third-order valence-corrected chi connectivity index (χ3v) is 7.19. The highest BCUT2D eigenvalue weighted by Crippen LogP contribution is 2.30. The van der Waals surface area contributed by atoms with Gasteiger partial charge in [-0.3, -0.25) is 19.3 Å². The molecule has 0 atom stereocenters. The molecule has 0 radical (unpaired) electrons. The average Bonchev–Trinajstić information content (AvgIpc) is 3.55. The van der Waals surface area contributed by atoms with Crippen LogP contribution in [0, 0.1) is 0 Å². The highest BCUT2D eigenvalue weighted by Gasteiger charge is 2.16. The highest BCUT2D eigenvalue weighted by molar-refractivity contribution is 7.18. The average molecular weight is 563 g/mol. The van der Waals surface area contributed by atoms with Crippen molar-refractivity contribution in [2.24, 2.45) is 0 Å². The largest absolute Gasteiger partial charge is 0.497 e. The summed E-state index contributed by atoms with van der Waals surface area (Å²) in [5.41, 5.74) is 1.00. The molecule has 38 heavy (non-hydrogen) atoms. The van der Waals surface area contributed by atoms with Crippen LogP contribution in [0.1, 0.15) is 27.6 Å². The number of methoxy groups -OCH3 is 2. The zero-order valence-corrected chi connectivity index (χ0v) is 23.8. The number of aromatic carboxylic acids is 1. The number of carboxylic acids is 1. The number of fused-ring (bicyclic) bond motifs is 2. The van der Waals surface area contributed by atoms with E-state index in [0.29, 0.717) is 11.1 Å². The van der Waals surface area contributed by atoms with E-state index in [2.05, 4.69) is 4.84 Å². The van der Waals surface area contributed by atoms with Gasteiger partial charge in [0, 0.05) is 52.0 Å². The zero-order valence-electron chi connectivity index (χ0n) is 22.1. The number of benzene rings is 2. The fraction of sp³-hybridized carbons (Fsp3) is 0.269. The standard InChI is InChI=1S/C12H13NO3S.C10H8O3S.C4H9NO2/c1-13(16-3)12(14)10-7-17-11-6-8(15-2)4-5-9(10)11;1-13-6-2-3-7-8(10(11)12)5-14-9(7)4-6;1-4(6)5(2)7-3/h4-7H,1-3H3;2-5H,1H3,(H,11,12);1-3H3. The minimum atomic E-state index is -0.888. The van der Waals surface area contributed by atoms with Crippen molar-refractivity contribution in [2.75, 3.05) is 42.5 Å². The summed E-state index contributed by atoms with van der Waals surface area (Å²) in [6.07, 6.45) is 0. The second-order valence-corrected chi connectivity index (χ2v) is 9.33. The van der Waals surface area contributed by atoms with E-state index in [4.69, 9.17) is 19.4 Å². The van der Waals surface area contributed by atoms with E-state index in [1.165, 1.54) is 48.9 Å². The van der Waals surface area contributed by atoms with Gasteiger partial charge in [-0.15, -0.1) is 22.7 Å². The van der Waals surface area contributed by atoms with Gasteiger partial charge in [-0.05, 0) is 36.4 Å². The molecule has 10 nitrogen and oxygen atoms in total. The molecule has 0 bridgehead atoms. The van der Waals surface area contributed by atoms with E-state index in [9.17, 15) is 14.4 Å². The summed E-state index contributed by atoms with van der Waals surface area (Å²) >= 11 is 2.93. The van der Waals surface area contributed by atoms with Gasteiger partial charge >= 0.3 is 5.97 Å².